The van der Waals surface area contributed by atoms with Crippen LogP contribution in [-0.4, -0.2) is 40.8 Å². The molecule has 10 heteroatoms. The van der Waals surface area contributed by atoms with Crippen LogP contribution < -0.4 is 19.1 Å². The highest BCUT2D eigenvalue weighted by molar-refractivity contribution is 7.92. The third-order valence-corrected chi connectivity index (χ3v) is 6.31. The van der Waals surface area contributed by atoms with Crippen LogP contribution in [-0.2, 0) is 14.8 Å². The molecule has 0 saturated carbocycles. The largest absolute Gasteiger partial charge is 0.497 e. The average Bonchev–Trinajstić information content (AvgIpc) is 2.69. The first-order chi connectivity index (χ1) is 14.5. The summed E-state index contributed by atoms with van der Waals surface area (Å²) in [7, 11) is -0.747. The molecule has 170 valence electrons. The molecule has 0 unspecified atom stereocenters. The monoisotopic (exact) mass is 488 g/mol. The van der Waals surface area contributed by atoms with Gasteiger partial charge in [0.1, 0.15) is 17.5 Å². The molecule has 2 aromatic rings. The number of carbonyl (C=O) groups excluding carboxylic acids is 1. The van der Waals surface area contributed by atoms with Crippen LogP contribution in [0.15, 0.2) is 36.4 Å². The Bertz CT molecular complexity index is 1030. The van der Waals surface area contributed by atoms with Crippen LogP contribution in [0.5, 0.6) is 11.5 Å². The zero-order chi connectivity index (χ0) is 23.3. The van der Waals surface area contributed by atoms with Gasteiger partial charge in [-0.2, -0.15) is 0 Å². The number of anilines is 1. The Labute approximate surface area is 193 Å². The number of nitrogens with zero attached hydrogens (tertiary/aromatic N) is 1. The van der Waals surface area contributed by atoms with Gasteiger partial charge in [-0.25, -0.2) is 8.42 Å². The number of ether oxygens (including phenoxy) is 2. The lowest BCUT2D eigenvalue weighted by Crippen LogP contribution is -2.49. The number of methoxy groups -OCH3 is 2. The maximum atomic E-state index is 13.2. The molecule has 0 radical (unpaired) electrons. The van der Waals surface area contributed by atoms with Gasteiger partial charge in [0.15, 0.2) is 0 Å². The second kappa shape index (κ2) is 10.4. The van der Waals surface area contributed by atoms with E-state index in [2.05, 4.69) is 5.32 Å². The molecule has 2 rings (SSSR count). The van der Waals surface area contributed by atoms with Crippen molar-refractivity contribution in [3.05, 3.63) is 52.0 Å². The van der Waals surface area contributed by atoms with Crippen molar-refractivity contribution in [2.75, 3.05) is 24.8 Å². The van der Waals surface area contributed by atoms with E-state index in [9.17, 15) is 13.2 Å². The first-order valence-electron chi connectivity index (χ1n) is 9.49. The predicted octanol–water partition coefficient (Wildman–Crippen LogP) is 4.43. The summed E-state index contributed by atoms with van der Waals surface area (Å²) in [5, 5.41) is 3.41. The summed E-state index contributed by atoms with van der Waals surface area (Å²) in [5.41, 5.74) is 0.912. The Balaban J connectivity index is 2.40. The highest BCUT2D eigenvalue weighted by atomic mass is 35.5. The quantitative estimate of drug-likeness (QED) is 0.563. The standard InChI is InChI=1S/C21H26Cl2N2O5S/c1-6-19(25(31(5,27)28)16-10-14(22)9-15(23)11-16)21(26)24-13(2)18-12-17(29-3)7-8-20(18)30-4/h7-13,19H,6H2,1-5H3,(H,24,26)/t13-,19-/m0/s1. The van der Waals surface area contributed by atoms with Gasteiger partial charge in [0.05, 0.1) is 32.2 Å². The number of hydrogen-bond acceptors (Lipinski definition) is 5. The molecule has 0 aliphatic heterocycles. The Morgan fingerprint density at radius 3 is 2.19 bits per heavy atom. The summed E-state index contributed by atoms with van der Waals surface area (Å²) in [6, 6.07) is 8.17. The second-order valence-corrected chi connectivity index (χ2v) is 9.68. The lowest BCUT2D eigenvalue weighted by atomic mass is 10.1. The summed E-state index contributed by atoms with van der Waals surface area (Å²) in [6.45, 7) is 3.51. The van der Waals surface area contributed by atoms with Gasteiger partial charge in [-0.05, 0) is 49.7 Å². The Morgan fingerprint density at radius 2 is 1.71 bits per heavy atom. The van der Waals surface area contributed by atoms with Crippen molar-refractivity contribution in [1.29, 1.82) is 0 Å². The number of amides is 1. The van der Waals surface area contributed by atoms with Gasteiger partial charge in [0.25, 0.3) is 0 Å². The van der Waals surface area contributed by atoms with Gasteiger partial charge in [-0.3, -0.25) is 9.10 Å². The van der Waals surface area contributed by atoms with Crippen molar-refractivity contribution in [3.63, 3.8) is 0 Å². The molecule has 2 aromatic carbocycles. The van der Waals surface area contributed by atoms with Crippen molar-refractivity contribution in [1.82, 2.24) is 5.32 Å². The molecule has 0 heterocycles. The molecule has 7 nitrogen and oxygen atoms in total. The Hall–Kier alpha value is -2.16. The van der Waals surface area contributed by atoms with E-state index in [0.717, 1.165) is 10.6 Å². The smallest absolute Gasteiger partial charge is 0.244 e. The highest BCUT2D eigenvalue weighted by Crippen LogP contribution is 2.31. The number of rotatable bonds is 9. The van der Waals surface area contributed by atoms with Crippen molar-refractivity contribution in [3.8, 4) is 11.5 Å². The van der Waals surface area contributed by atoms with Crippen LogP contribution in [0.1, 0.15) is 31.9 Å². The molecule has 0 bridgehead atoms. The maximum Gasteiger partial charge on any atom is 0.244 e. The molecule has 0 aliphatic rings. The molecular weight excluding hydrogens is 463 g/mol. The molecule has 31 heavy (non-hydrogen) atoms. The number of carbonyl (C=O) groups is 1. The number of benzene rings is 2. The minimum Gasteiger partial charge on any atom is -0.497 e. The number of nitrogens with one attached hydrogen (secondary N) is 1. The fourth-order valence-corrected chi connectivity index (χ4v) is 5.00. The van der Waals surface area contributed by atoms with Gasteiger partial charge >= 0.3 is 0 Å². The lowest BCUT2D eigenvalue weighted by Gasteiger charge is -2.31. The van der Waals surface area contributed by atoms with Gasteiger partial charge in [0.2, 0.25) is 15.9 Å². The highest BCUT2D eigenvalue weighted by Gasteiger charge is 2.33. The van der Waals surface area contributed by atoms with E-state index in [0.29, 0.717) is 17.1 Å². The fraction of sp³-hybridized carbons (Fsp3) is 0.381. The SMILES string of the molecule is CC[C@@H](C(=O)N[C@@H](C)c1cc(OC)ccc1OC)N(c1cc(Cl)cc(Cl)c1)S(C)(=O)=O. The summed E-state index contributed by atoms with van der Waals surface area (Å²) in [5.74, 6) is 0.708. The van der Waals surface area contributed by atoms with Gasteiger partial charge in [-0.1, -0.05) is 30.1 Å². The number of halogens is 2. The summed E-state index contributed by atoms with van der Waals surface area (Å²) < 4.78 is 36.9. The molecular formula is C21H26Cl2N2O5S. The maximum absolute atomic E-state index is 13.2. The molecule has 2 atom stereocenters. The third-order valence-electron chi connectivity index (χ3n) is 4.69. The van der Waals surface area contributed by atoms with Crippen molar-refractivity contribution < 1.29 is 22.7 Å². The summed E-state index contributed by atoms with van der Waals surface area (Å²) >= 11 is 12.1. The van der Waals surface area contributed by atoms with E-state index in [1.807, 2.05) is 0 Å². The Kier molecular flexibility index (Phi) is 8.45. The topological polar surface area (TPSA) is 84.9 Å². The van der Waals surface area contributed by atoms with E-state index in [1.165, 1.54) is 25.3 Å². The van der Waals surface area contributed by atoms with Crippen LogP contribution in [0.3, 0.4) is 0 Å². The fourth-order valence-electron chi connectivity index (χ4n) is 3.29. The zero-order valence-corrected chi connectivity index (χ0v) is 20.3. The summed E-state index contributed by atoms with van der Waals surface area (Å²) in [6.07, 6.45) is 1.26. The first kappa shape index (κ1) is 25.1. The van der Waals surface area contributed by atoms with Crippen molar-refractivity contribution in [2.24, 2.45) is 0 Å². The van der Waals surface area contributed by atoms with Gasteiger partial charge in [-0.15, -0.1) is 0 Å². The van der Waals surface area contributed by atoms with E-state index in [1.54, 1.807) is 39.2 Å². The minimum absolute atomic E-state index is 0.216. The first-order valence-corrected chi connectivity index (χ1v) is 12.1. The molecule has 1 amide bonds. The van der Waals surface area contributed by atoms with Crippen LogP contribution in [0, 0.1) is 0 Å². The van der Waals surface area contributed by atoms with E-state index in [-0.39, 0.29) is 22.2 Å². The van der Waals surface area contributed by atoms with Crippen LogP contribution in [0.25, 0.3) is 0 Å². The number of hydrogen-bond donors (Lipinski definition) is 1. The van der Waals surface area contributed by atoms with Crippen molar-refractivity contribution in [2.45, 2.75) is 32.4 Å². The van der Waals surface area contributed by atoms with Crippen molar-refractivity contribution >= 4 is 44.8 Å². The summed E-state index contributed by atoms with van der Waals surface area (Å²) in [4.78, 5) is 13.2. The molecule has 0 spiro atoms. The third kappa shape index (κ3) is 6.18. The van der Waals surface area contributed by atoms with E-state index in [4.69, 9.17) is 32.7 Å². The molecule has 1 N–H and O–H groups in total. The second-order valence-electron chi connectivity index (χ2n) is 6.95. The average molecular weight is 489 g/mol. The lowest BCUT2D eigenvalue weighted by molar-refractivity contribution is -0.122. The molecule has 0 saturated heterocycles. The molecule has 0 fully saturated rings. The van der Waals surface area contributed by atoms with E-state index >= 15 is 0 Å². The Morgan fingerprint density at radius 1 is 1.10 bits per heavy atom. The van der Waals surface area contributed by atoms with Gasteiger partial charge < -0.3 is 14.8 Å². The normalized spacial score (nSPS) is 13.3. The molecule has 0 aliphatic carbocycles. The predicted molar refractivity (Wildman–Crippen MR) is 124 cm³/mol. The minimum atomic E-state index is -3.82. The molecule has 0 aromatic heterocycles. The van der Waals surface area contributed by atoms with Crippen LogP contribution in [0.2, 0.25) is 10.0 Å². The van der Waals surface area contributed by atoms with Gasteiger partial charge in [0, 0.05) is 15.6 Å². The number of sulfonamides is 1. The van der Waals surface area contributed by atoms with Crippen LogP contribution in [0.4, 0.5) is 5.69 Å². The zero-order valence-electron chi connectivity index (χ0n) is 18.0. The van der Waals surface area contributed by atoms with E-state index < -0.39 is 28.0 Å². The van der Waals surface area contributed by atoms with Crippen LogP contribution >= 0.6 is 23.2 Å².